The first kappa shape index (κ1) is 24.8. The van der Waals surface area contributed by atoms with E-state index in [1.165, 1.54) is 0 Å². The number of ether oxygens (including phenoxy) is 1. The second kappa shape index (κ2) is 12.4. The molecule has 2 rings (SSSR count). The van der Waals surface area contributed by atoms with E-state index in [-0.39, 0.29) is 18.8 Å². The third-order valence-electron chi connectivity index (χ3n) is 4.38. The average Bonchev–Trinajstić information content (AvgIpc) is 3.14. The van der Waals surface area contributed by atoms with Crippen LogP contribution in [0.1, 0.15) is 35.5 Å². The van der Waals surface area contributed by atoms with Crippen LogP contribution in [-0.4, -0.2) is 50.0 Å². The van der Waals surface area contributed by atoms with Crippen molar-refractivity contribution < 1.29 is 22.7 Å². The van der Waals surface area contributed by atoms with E-state index >= 15 is 0 Å². The maximum absolute atomic E-state index is 12.5. The van der Waals surface area contributed by atoms with Crippen LogP contribution in [0.5, 0.6) is 0 Å². The Morgan fingerprint density at radius 3 is 2.58 bits per heavy atom. The van der Waals surface area contributed by atoms with Gasteiger partial charge in [0.15, 0.2) is 0 Å². The first-order valence-corrected chi connectivity index (χ1v) is 13.0. The molecule has 31 heavy (non-hydrogen) atoms. The number of amides is 2. The monoisotopic (exact) mass is 467 g/mol. The summed E-state index contributed by atoms with van der Waals surface area (Å²) in [5.74, 6) is -0.640. The number of carbonyl (C=O) groups is 2. The molecule has 0 fully saturated rings. The molecule has 1 unspecified atom stereocenters. The highest BCUT2D eigenvalue weighted by molar-refractivity contribution is 7.90. The van der Waals surface area contributed by atoms with Gasteiger partial charge in [-0.3, -0.25) is 4.79 Å². The van der Waals surface area contributed by atoms with Crippen molar-refractivity contribution in [2.75, 3.05) is 18.6 Å². The van der Waals surface area contributed by atoms with Crippen LogP contribution in [0.2, 0.25) is 0 Å². The molecule has 0 bridgehead atoms. The Morgan fingerprint density at radius 2 is 1.94 bits per heavy atom. The average molecular weight is 468 g/mol. The molecule has 1 aromatic heterocycles. The van der Waals surface area contributed by atoms with Gasteiger partial charge in [0.25, 0.3) is 0 Å². The Labute approximate surface area is 187 Å². The fraction of sp³-hybridized carbons (Fsp3) is 0.476. The molecule has 10 heteroatoms. The molecule has 0 radical (unpaired) electrons. The minimum absolute atomic E-state index is 0.0243. The van der Waals surface area contributed by atoms with Crippen molar-refractivity contribution in [2.45, 2.75) is 45.3 Å². The highest BCUT2D eigenvalue weighted by Gasteiger charge is 2.23. The summed E-state index contributed by atoms with van der Waals surface area (Å²) in [5.41, 5.74) is 1.82. The number of carbonyl (C=O) groups excluding carboxylic acids is 2. The summed E-state index contributed by atoms with van der Waals surface area (Å²) in [6, 6.07) is 8.15. The molecule has 0 spiro atoms. The maximum Gasteiger partial charge on any atom is 0.408 e. The van der Waals surface area contributed by atoms with Gasteiger partial charge in [-0.1, -0.05) is 30.3 Å². The minimum Gasteiger partial charge on any atom is -0.445 e. The predicted molar refractivity (Wildman–Crippen MR) is 121 cm³/mol. The van der Waals surface area contributed by atoms with Crippen molar-refractivity contribution in [3.05, 3.63) is 52.0 Å². The van der Waals surface area contributed by atoms with Crippen LogP contribution >= 0.6 is 11.3 Å². The Kier molecular flexibility index (Phi) is 9.93. The van der Waals surface area contributed by atoms with E-state index in [0.717, 1.165) is 41.8 Å². The molecule has 8 nitrogen and oxygen atoms in total. The van der Waals surface area contributed by atoms with Crippen molar-refractivity contribution in [1.29, 1.82) is 0 Å². The van der Waals surface area contributed by atoms with Gasteiger partial charge in [0.1, 0.15) is 22.5 Å². The molecular formula is C21H29N3O5S2. The third kappa shape index (κ3) is 10.4. The molecule has 0 aliphatic heterocycles. The van der Waals surface area contributed by atoms with Crippen molar-refractivity contribution >= 4 is 33.2 Å². The van der Waals surface area contributed by atoms with E-state index in [1.807, 2.05) is 42.6 Å². The Morgan fingerprint density at radius 1 is 1.19 bits per heavy atom. The molecule has 2 N–H and O–H groups in total. The van der Waals surface area contributed by atoms with E-state index < -0.39 is 27.9 Å². The lowest BCUT2D eigenvalue weighted by Crippen LogP contribution is -2.47. The standard InChI is InChI=1S/C21H29N3O5S2/c1-16-15-30-19(23-16)10-6-7-12-22-20(25)18(11-13-31(2,27)28)24-21(26)29-14-17-8-4-3-5-9-17/h3-5,8-9,15,18H,6-7,10-14H2,1-2H3,(H,22,25)(H,24,26). The summed E-state index contributed by atoms with van der Waals surface area (Å²) in [5, 5.41) is 8.33. The summed E-state index contributed by atoms with van der Waals surface area (Å²) in [6.07, 6.45) is 2.77. The summed E-state index contributed by atoms with van der Waals surface area (Å²) >= 11 is 1.62. The third-order valence-corrected chi connectivity index (χ3v) is 6.39. The van der Waals surface area contributed by atoms with Crippen LogP contribution in [0.15, 0.2) is 35.7 Å². The molecule has 2 amide bonds. The van der Waals surface area contributed by atoms with Gasteiger partial charge in [-0.05, 0) is 38.2 Å². The molecule has 1 heterocycles. The SMILES string of the molecule is Cc1csc(CCCCNC(=O)C(CCS(C)(=O)=O)NC(=O)OCc2ccccc2)n1. The highest BCUT2D eigenvalue weighted by Crippen LogP contribution is 2.11. The fourth-order valence-electron chi connectivity index (χ4n) is 2.76. The van der Waals surface area contributed by atoms with E-state index in [0.29, 0.717) is 6.54 Å². The lowest BCUT2D eigenvalue weighted by molar-refractivity contribution is -0.123. The van der Waals surface area contributed by atoms with Gasteiger partial charge in [0.05, 0.1) is 10.8 Å². The summed E-state index contributed by atoms with van der Waals surface area (Å²) in [7, 11) is -3.28. The minimum atomic E-state index is -3.28. The Bertz CT molecular complexity index is 945. The highest BCUT2D eigenvalue weighted by atomic mass is 32.2. The lowest BCUT2D eigenvalue weighted by atomic mass is 10.2. The van der Waals surface area contributed by atoms with E-state index in [2.05, 4.69) is 15.6 Å². The van der Waals surface area contributed by atoms with Crippen LogP contribution in [0.3, 0.4) is 0 Å². The quantitative estimate of drug-likeness (QED) is 0.464. The molecular weight excluding hydrogens is 438 g/mol. The number of rotatable bonds is 12. The molecule has 170 valence electrons. The Balaban J connectivity index is 1.79. The topological polar surface area (TPSA) is 114 Å². The number of thiazole rings is 1. The van der Waals surface area contributed by atoms with Crippen molar-refractivity contribution in [1.82, 2.24) is 15.6 Å². The van der Waals surface area contributed by atoms with Crippen molar-refractivity contribution in [2.24, 2.45) is 0 Å². The van der Waals surface area contributed by atoms with Gasteiger partial charge < -0.3 is 15.4 Å². The number of nitrogens with one attached hydrogen (secondary N) is 2. The van der Waals surface area contributed by atoms with Gasteiger partial charge in [0, 0.05) is 23.9 Å². The van der Waals surface area contributed by atoms with Gasteiger partial charge >= 0.3 is 6.09 Å². The number of benzene rings is 1. The second-order valence-electron chi connectivity index (χ2n) is 7.31. The van der Waals surface area contributed by atoms with Gasteiger partial charge in [-0.2, -0.15) is 0 Å². The number of alkyl carbamates (subject to hydrolysis) is 1. The van der Waals surface area contributed by atoms with Crippen LogP contribution in [0.4, 0.5) is 4.79 Å². The van der Waals surface area contributed by atoms with E-state index in [1.54, 1.807) is 11.3 Å². The van der Waals surface area contributed by atoms with Crippen LogP contribution in [-0.2, 0) is 32.4 Å². The number of nitrogens with zero attached hydrogens (tertiary/aromatic N) is 1. The number of sulfone groups is 1. The van der Waals surface area contributed by atoms with Crippen LogP contribution < -0.4 is 10.6 Å². The van der Waals surface area contributed by atoms with E-state index in [9.17, 15) is 18.0 Å². The summed E-state index contributed by atoms with van der Waals surface area (Å²) < 4.78 is 28.2. The maximum atomic E-state index is 12.5. The van der Waals surface area contributed by atoms with Crippen molar-refractivity contribution in [3.63, 3.8) is 0 Å². The summed E-state index contributed by atoms with van der Waals surface area (Å²) in [6.45, 7) is 2.44. The zero-order chi connectivity index (χ0) is 22.7. The van der Waals surface area contributed by atoms with Crippen molar-refractivity contribution in [3.8, 4) is 0 Å². The molecule has 0 aliphatic carbocycles. The number of hydrogen-bond donors (Lipinski definition) is 2. The number of aryl methyl sites for hydroxylation is 2. The predicted octanol–water partition coefficient (Wildman–Crippen LogP) is 2.62. The fourth-order valence-corrected chi connectivity index (χ4v) is 4.24. The molecule has 0 saturated carbocycles. The Hall–Kier alpha value is -2.46. The molecule has 0 saturated heterocycles. The zero-order valence-corrected chi connectivity index (χ0v) is 19.4. The van der Waals surface area contributed by atoms with Gasteiger partial charge in [-0.25, -0.2) is 18.2 Å². The number of unbranched alkanes of at least 4 members (excludes halogenated alkanes) is 1. The molecule has 2 aromatic rings. The van der Waals surface area contributed by atoms with Crippen LogP contribution in [0.25, 0.3) is 0 Å². The number of hydrogen-bond acceptors (Lipinski definition) is 7. The first-order chi connectivity index (χ1) is 14.7. The number of aromatic nitrogens is 1. The van der Waals surface area contributed by atoms with Gasteiger partial charge in [0.2, 0.25) is 5.91 Å². The van der Waals surface area contributed by atoms with Gasteiger partial charge in [-0.15, -0.1) is 11.3 Å². The lowest BCUT2D eigenvalue weighted by Gasteiger charge is -2.18. The normalized spacial score (nSPS) is 12.2. The van der Waals surface area contributed by atoms with E-state index in [4.69, 9.17) is 4.74 Å². The molecule has 1 aromatic carbocycles. The molecule has 0 aliphatic rings. The molecule has 1 atom stereocenters. The zero-order valence-electron chi connectivity index (χ0n) is 17.8. The van der Waals surface area contributed by atoms with Crippen LogP contribution in [0, 0.1) is 6.92 Å². The first-order valence-electron chi connectivity index (χ1n) is 10.1. The summed E-state index contributed by atoms with van der Waals surface area (Å²) in [4.78, 5) is 29.0. The smallest absolute Gasteiger partial charge is 0.408 e. The largest absolute Gasteiger partial charge is 0.445 e. The second-order valence-corrected chi connectivity index (χ2v) is 10.5.